The van der Waals surface area contributed by atoms with Gasteiger partial charge in [0.25, 0.3) is 0 Å². The molecule has 0 atom stereocenters. The minimum atomic E-state index is 0.620. The molecular formula is C20H23ClN6. The number of pyridine rings is 1. The topological polar surface area (TPSA) is 62.2 Å². The van der Waals surface area contributed by atoms with Crippen LogP contribution in [0.4, 0.5) is 5.69 Å². The first kappa shape index (κ1) is 17.7. The molecule has 4 rings (SSSR count). The van der Waals surface area contributed by atoms with E-state index in [1.54, 1.807) is 0 Å². The monoisotopic (exact) mass is 382 g/mol. The second-order valence-corrected chi connectivity index (χ2v) is 7.08. The Balaban J connectivity index is 1.29. The van der Waals surface area contributed by atoms with Crippen LogP contribution in [0.1, 0.15) is 5.69 Å². The van der Waals surface area contributed by atoms with Gasteiger partial charge in [0.2, 0.25) is 0 Å². The average Bonchev–Trinajstić information content (AvgIpc) is 3.11. The van der Waals surface area contributed by atoms with E-state index in [9.17, 15) is 0 Å². The van der Waals surface area contributed by atoms with Crippen LogP contribution in [0, 0.1) is 0 Å². The second-order valence-electron chi connectivity index (χ2n) is 6.64. The second kappa shape index (κ2) is 7.88. The van der Waals surface area contributed by atoms with Gasteiger partial charge in [-0.15, -0.1) is 0 Å². The van der Waals surface area contributed by atoms with Crippen LogP contribution in [0.15, 0.2) is 59.9 Å². The number of nitrogens with zero attached hydrogens (tertiary/aromatic N) is 5. The van der Waals surface area contributed by atoms with Crippen molar-refractivity contribution in [2.24, 2.45) is 10.7 Å². The molecule has 0 bridgehead atoms. The number of rotatable bonds is 4. The number of nitrogens with two attached hydrogens (primary N) is 1. The fraction of sp³-hybridized carbons (Fsp3) is 0.300. The van der Waals surface area contributed by atoms with Gasteiger partial charge >= 0.3 is 0 Å². The first-order valence-electron chi connectivity index (χ1n) is 9.17. The van der Waals surface area contributed by atoms with Crippen molar-refractivity contribution in [1.29, 1.82) is 0 Å². The predicted octanol–water partition coefficient (Wildman–Crippen LogP) is 2.67. The number of halogens is 1. The molecular weight excluding hydrogens is 360 g/mol. The molecule has 7 heteroatoms. The van der Waals surface area contributed by atoms with Gasteiger partial charge in [0.05, 0.1) is 5.69 Å². The molecule has 1 aliphatic rings. The van der Waals surface area contributed by atoms with Gasteiger partial charge in [-0.1, -0.05) is 17.7 Å². The number of guanidine groups is 1. The molecule has 6 nitrogen and oxygen atoms in total. The number of hydrogen-bond donors (Lipinski definition) is 1. The molecule has 1 aromatic carbocycles. The number of imidazole rings is 1. The number of fused-ring (bicyclic) bond motifs is 1. The summed E-state index contributed by atoms with van der Waals surface area (Å²) in [6, 6.07) is 14.0. The van der Waals surface area contributed by atoms with Crippen LogP contribution in [0.3, 0.4) is 0 Å². The van der Waals surface area contributed by atoms with Crippen molar-refractivity contribution in [2.45, 2.75) is 6.42 Å². The molecule has 1 saturated heterocycles. The Morgan fingerprint density at radius 1 is 1.07 bits per heavy atom. The van der Waals surface area contributed by atoms with Crippen molar-refractivity contribution in [3.8, 4) is 0 Å². The fourth-order valence-corrected chi connectivity index (χ4v) is 3.46. The minimum Gasteiger partial charge on any atom is -0.370 e. The molecule has 1 aliphatic heterocycles. The SMILES string of the molecule is NC(=NCCc1cn2ccccc2n1)N1CCN(c2ccc(Cl)cc2)CC1. The summed E-state index contributed by atoms with van der Waals surface area (Å²) in [5.41, 5.74) is 9.40. The van der Waals surface area contributed by atoms with Crippen LogP contribution in [0.25, 0.3) is 5.65 Å². The lowest BCUT2D eigenvalue weighted by atomic mass is 10.2. The van der Waals surface area contributed by atoms with Gasteiger partial charge in [-0.2, -0.15) is 0 Å². The Kier molecular flexibility index (Phi) is 5.16. The summed E-state index contributed by atoms with van der Waals surface area (Å²) >= 11 is 5.97. The van der Waals surface area contributed by atoms with E-state index in [2.05, 4.69) is 31.9 Å². The fourth-order valence-electron chi connectivity index (χ4n) is 3.34. The molecule has 2 aromatic heterocycles. The Morgan fingerprint density at radius 3 is 2.59 bits per heavy atom. The zero-order valence-corrected chi connectivity index (χ0v) is 15.9. The van der Waals surface area contributed by atoms with Crippen molar-refractivity contribution in [2.75, 3.05) is 37.6 Å². The highest BCUT2D eigenvalue weighted by molar-refractivity contribution is 6.30. The Morgan fingerprint density at radius 2 is 1.85 bits per heavy atom. The number of benzene rings is 1. The van der Waals surface area contributed by atoms with Gasteiger partial charge in [-0.25, -0.2) is 4.98 Å². The highest BCUT2D eigenvalue weighted by Gasteiger charge is 2.18. The van der Waals surface area contributed by atoms with Crippen molar-refractivity contribution in [1.82, 2.24) is 14.3 Å². The van der Waals surface area contributed by atoms with Gasteiger partial charge < -0.3 is 19.9 Å². The number of anilines is 1. The van der Waals surface area contributed by atoms with E-state index < -0.39 is 0 Å². The first-order chi connectivity index (χ1) is 13.2. The lowest BCUT2D eigenvalue weighted by molar-refractivity contribution is 0.381. The highest BCUT2D eigenvalue weighted by Crippen LogP contribution is 2.19. The molecule has 3 heterocycles. The summed E-state index contributed by atoms with van der Waals surface area (Å²) in [5.74, 6) is 0.620. The molecule has 0 radical (unpaired) electrons. The molecule has 140 valence electrons. The van der Waals surface area contributed by atoms with Gasteiger partial charge in [0.1, 0.15) is 5.65 Å². The predicted molar refractivity (Wildman–Crippen MR) is 111 cm³/mol. The Labute approximate surface area is 163 Å². The van der Waals surface area contributed by atoms with Gasteiger partial charge in [0, 0.05) is 62.2 Å². The molecule has 3 aromatic rings. The number of piperazine rings is 1. The van der Waals surface area contributed by atoms with Crippen LogP contribution in [0.5, 0.6) is 0 Å². The summed E-state index contributed by atoms with van der Waals surface area (Å²) < 4.78 is 2.03. The van der Waals surface area contributed by atoms with E-state index in [4.69, 9.17) is 17.3 Å². The van der Waals surface area contributed by atoms with E-state index in [1.807, 2.05) is 47.1 Å². The third kappa shape index (κ3) is 4.17. The van der Waals surface area contributed by atoms with Crippen molar-refractivity contribution in [3.05, 3.63) is 65.6 Å². The third-order valence-corrected chi connectivity index (χ3v) is 5.10. The smallest absolute Gasteiger partial charge is 0.191 e. The van der Waals surface area contributed by atoms with E-state index >= 15 is 0 Å². The first-order valence-corrected chi connectivity index (χ1v) is 9.55. The maximum absolute atomic E-state index is 6.21. The van der Waals surface area contributed by atoms with Crippen LogP contribution < -0.4 is 10.6 Å². The maximum atomic E-state index is 6.21. The maximum Gasteiger partial charge on any atom is 0.191 e. The molecule has 27 heavy (non-hydrogen) atoms. The quantitative estimate of drug-likeness (QED) is 0.556. The summed E-state index contributed by atoms with van der Waals surface area (Å²) in [4.78, 5) is 13.6. The van der Waals surface area contributed by atoms with Crippen molar-refractivity contribution < 1.29 is 0 Å². The van der Waals surface area contributed by atoms with E-state index in [1.165, 1.54) is 5.69 Å². The molecule has 0 spiro atoms. The van der Waals surface area contributed by atoms with Crippen LogP contribution in [-0.4, -0.2) is 53.0 Å². The number of hydrogen-bond acceptors (Lipinski definition) is 3. The summed E-state index contributed by atoms with van der Waals surface area (Å²) in [5, 5.41) is 0.763. The Hall–Kier alpha value is -2.73. The zero-order valence-electron chi connectivity index (χ0n) is 15.1. The van der Waals surface area contributed by atoms with Crippen LogP contribution in [-0.2, 0) is 6.42 Å². The van der Waals surface area contributed by atoms with Gasteiger partial charge in [0.15, 0.2) is 5.96 Å². The lowest BCUT2D eigenvalue weighted by Crippen LogP contribution is -2.51. The summed E-state index contributed by atoms with van der Waals surface area (Å²) in [6.45, 7) is 4.22. The van der Waals surface area contributed by atoms with Crippen LogP contribution in [0.2, 0.25) is 5.02 Å². The average molecular weight is 383 g/mol. The summed E-state index contributed by atoms with van der Waals surface area (Å²) in [7, 11) is 0. The van der Waals surface area contributed by atoms with Gasteiger partial charge in [-0.3, -0.25) is 4.99 Å². The standard InChI is InChI=1S/C20H23ClN6/c21-16-4-6-18(7-5-16)25-11-13-26(14-12-25)20(22)23-9-8-17-15-27-10-2-1-3-19(27)24-17/h1-7,10,15H,8-9,11-14H2,(H2,22,23). The number of aromatic nitrogens is 2. The minimum absolute atomic E-state index is 0.620. The van der Waals surface area contributed by atoms with Crippen LogP contribution >= 0.6 is 11.6 Å². The zero-order chi connectivity index (χ0) is 18.6. The van der Waals surface area contributed by atoms with Crippen molar-refractivity contribution in [3.63, 3.8) is 0 Å². The highest BCUT2D eigenvalue weighted by atomic mass is 35.5. The van der Waals surface area contributed by atoms with E-state index in [0.717, 1.165) is 49.0 Å². The normalized spacial score (nSPS) is 15.5. The summed E-state index contributed by atoms with van der Waals surface area (Å²) in [6.07, 6.45) is 4.84. The van der Waals surface area contributed by atoms with Crippen molar-refractivity contribution >= 4 is 28.9 Å². The molecule has 0 unspecified atom stereocenters. The molecule has 2 N–H and O–H groups in total. The largest absolute Gasteiger partial charge is 0.370 e. The van der Waals surface area contributed by atoms with E-state index in [-0.39, 0.29) is 0 Å². The molecule has 0 saturated carbocycles. The lowest BCUT2D eigenvalue weighted by Gasteiger charge is -2.36. The number of aliphatic imine (C=N–C) groups is 1. The molecule has 0 amide bonds. The Bertz CT molecular complexity index is 892. The third-order valence-electron chi connectivity index (χ3n) is 4.85. The van der Waals surface area contributed by atoms with Gasteiger partial charge in [-0.05, 0) is 36.4 Å². The van der Waals surface area contributed by atoms with E-state index in [0.29, 0.717) is 12.5 Å². The molecule has 0 aliphatic carbocycles. The molecule has 1 fully saturated rings.